The van der Waals surface area contributed by atoms with Crippen LogP contribution in [0, 0.1) is 18.6 Å². The third kappa shape index (κ3) is 5.05. The lowest BCUT2D eigenvalue weighted by Gasteiger charge is -2.23. The van der Waals surface area contributed by atoms with E-state index in [1.165, 1.54) is 31.5 Å². The van der Waals surface area contributed by atoms with E-state index in [-0.39, 0.29) is 17.9 Å². The summed E-state index contributed by atoms with van der Waals surface area (Å²) in [5, 5.41) is 12.0. The van der Waals surface area contributed by atoms with Crippen molar-refractivity contribution < 1.29 is 28.2 Å². The smallest absolute Gasteiger partial charge is 0.339 e. The fourth-order valence-corrected chi connectivity index (χ4v) is 4.90. The summed E-state index contributed by atoms with van der Waals surface area (Å²) in [6.07, 6.45) is 2.94. The number of nitrogens with zero attached hydrogens (tertiary/aromatic N) is 2. The van der Waals surface area contributed by atoms with E-state index in [2.05, 4.69) is 4.98 Å². The lowest BCUT2D eigenvalue weighted by molar-refractivity contribution is 0.0600. The minimum Gasteiger partial charge on any atom is -0.488 e. The van der Waals surface area contributed by atoms with Gasteiger partial charge in [-0.3, -0.25) is 4.98 Å². The summed E-state index contributed by atoms with van der Waals surface area (Å²) in [7, 11) is 1.28. The van der Waals surface area contributed by atoms with Crippen LogP contribution in [0.15, 0.2) is 79.1 Å². The third-order valence-corrected chi connectivity index (χ3v) is 6.66. The number of aromatic nitrogens is 2. The minimum atomic E-state index is -1.48. The van der Waals surface area contributed by atoms with E-state index in [1.54, 1.807) is 49.7 Å². The van der Waals surface area contributed by atoms with Gasteiger partial charge in [0.1, 0.15) is 24.0 Å². The van der Waals surface area contributed by atoms with Crippen LogP contribution in [0.25, 0.3) is 27.7 Å². The molecule has 1 N–H and O–H groups in total. The molecule has 0 saturated carbocycles. The van der Waals surface area contributed by atoms with E-state index in [0.717, 1.165) is 5.56 Å². The first-order chi connectivity index (χ1) is 19.1. The molecule has 0 bridgehead atoms. The van der Waals surface area contributed by atoms with Crippen LogP contribution in [-0.2, 0) is 16.9 Å². The van der Waals surface area contributed by atoms with Gasteiger partial charge in [0, 0.05) is 35.3 Å². The van der Waals surface area contributed by atoms with Crippen LogP contribution in [0.5, 0.6) is 5.75 Å². The van der Waals surface area contributed by atoms with E-state index in [0.29, 0.717) is 39.0 Å². The van der Waals surface area contributed by atoms with E-state index in [9.17, 15) is 14.3 Å². The van der Waals surface area contributed by atoms with E-state index in [4.69, 9.17) is 9.47 Å². The first-order valence-electron chi connectivity index (χ1n) is 12.7. The van der Waals surface area contributed by atoms with Crippen LogP contribution in [0.3, 0.4) is 0 Å². The Labute approximate surface area is 230 Å². The lowest BCUT2D eigenvalue weighted by Crippen LogP contribution is -2.21. The molecule has 0 spiro atoms. The van der Waals surface area contributed by atoms with Crippen molar-refractivity contribution in [3.63, 3.8) is 0 Å². The highest BCUT2D eigenvalue weighted by Crippen LogP contribution is 2.46. The number of fused-ring (bicyclic) bond motifs is 1. The van der Waals surface area contributed by atoms with Crippen molar-refractivity contribution in [1.82, 2.24) is 9.55 Å². The molecule has 204 valence electrons. The molecule has 0 aliphatic carbocycles. The van der Waals surface area contributed by atoms with Crippen LogP contribution < -0.4 is 4.74 Å². The predicted molar refractivity (Wildman–Crippen MR) is 149 cm³/mol. The van der Waals surface area contributed by atoms with Gasteiger partial charge in [0.25, 0.3) is 0 Å². The molecule has 6 nitrogen and oxygen atoms in total. The molecule has 5 rings (SSSR count). The summed E-state index contributed by atoms with van der Waals surface area (Å²) < 4.78 is 42.3. The summed E-state index contributed by atoms with van der Waals surface area (Å²) >= 11 is 0. The number of halogens is 2. The molecule has 0 fully saturated rings. The van der Waals surface area contributed by atoms with Crippen molar-refractivity contribution >= 4 is 16.9 Å². The molecular weight excluding hydrogens is 514 g/mol. The standard InChI is InChI=1S/C32H28F2N2O4/c1-19-12-24(10-11-25(19)34)36-26-14-23(33)15-27(40-18-20-8-6-5-7-9-20)29(26)28(30(36)32(2,3)38)21-13-22(17-35-16-21)31(37)39-4/h5-17,38H,18H2,1-4H3. The number of rotatable bonds is 7. The van der Waals surface area contributed by atoms with Crippen molar-refractivity contribution in [3.8, 4) is 22.6 Å². The van der Waals surface area contributed by atoms with Gasteiger partial charge in [-0.05, 0) is 62.2 Å². The first-order valence-corrected chi connectivity index (χ1v) is 12.7. The summed E-state index contributed by atoms with van der Waals surface area (Å²) in [4.78, 5) is 16.6. The Bertz CT molecular complexity index is 1720. The Morgan fingerprint density at radius 3 is 2.45 bits per heavy atom. The lowest BCUT2D eigenvalue weighted by atomic mass is 9.94. The number of aliphatic hydroxyl groups is 1. The monoisotopic (exact) mass is 542 g/mol. The number of carbonyl (C=O) groups is 1. The highest BCUT2D eigenvalue weighted by molar-refractivity contribution is 6.04. The van der Waals surface area contributed by atoms with E-state index >= 15 is 4.39 Å². The first kappa shape index (κ1) is 27.0. The largest absolute Gasteiger partial charge is 0.488 e. The van der Waals surface area contributed by atoms with Gasteiger partial charge in [-0.15, -0.1) is 0 Å². The number of aryl methyl sites for hydroxylation is 1. The number of pyridine rings is 1. The van der Waals surface area contributed by atoms with Crippen LogP contribution in [-0.4, -0.2) is 27.7 Å². The van der Waals surface area contributed by atoms with Crippen molar-refractivity contribution in [2.45, 2.75) is 33.0 Å². The fourth-order valence-electron chi connectivity index (χ4n) is 4.90. The van der Waals surface area contributed by atoms with Gasteiger partial charge in [-0.1, -0.05) is 30.3 Å². The maximum absolute atomic E-state index is 15.2. The average Bonchev–Trinajstić information content (AvgIpc) is 3.29. The number of hydrogen-bond donors (Lipinski definition) is 1. The Morgan fingerprint density at radius 1 is 1.02 bits per heavy atom. The van der Waals surface area contributed by atoms with Crippen molar-refractivity contribution in [1.29, 1.82) is 0 Å². The number of ether oxygens (including phenoxy) is 2. The Kier molecular flexibility index (Phi) is 7.12. The molecule has 0 aliphatic rings. The molecule has 0 aliphatic heterocycles. The highest BCUT2D eigenvalue weighted by Gasteiger charge is 2.32. The van der Waals surface area contributed by atoms with Gasteiger partial charge in [0.2, 0.25) is 0 Å². The summed E-state index contributed by atoms with van der Waals surface area (Å²) in [5.41, 5.74) is 2.26. The number of benzene rings is 3. The van der Waals surface area contributed by atoms with Crippen LogP contribution in [0.1, 0.15) is 41.0 Å². The Balaban J connectivity index is 1.88. The maximum atomic E-state index is 15.2. The fraction of sp³-hybridized carbons (Fsp3) is 0.188. The van der Waals surface area contributed by atoms with Crippen LogP contribution in [0.2, 0.25) is 0 Å². The molecule has 2 heterocycles. The number of hydrogen-bond acceptors (Lipinski definition) is 5. The maximum Gasteiger partial charge on any atom is 0.339 e. The number of methoxy groups -OCH3 is 1. The zero-order valence-electron chi connectivity index (χ0n) is 22.5. The van der Waals surface area contributed by atoms with Gasteiger partial charge in [-0.25, -0.2) is 13.6 Å². The normalized spacial score (nSPS) is 11.6. The summed E-state index contributed by atoms with van der Waals surface area (Å²) in [5.74, 6) is -1.29. The number of carbonyl (C=O) groups excluding carboxylic acids is 1. The molecular formula is C32H28F2N2O4. The molecule has 0 saturated heterocycles. The molecule has 5 aromatic rings. The molecule has 0 atom stereocenters. The molecule has 0 amide bonds. The molecule has 40 heavy (non-hydrogen) atoms. The molecule has 3 aromatic carbocycles. The predicted octanol–water partition coefficient (Wildman–Crippen LogP) is 6.87. The van der Waals surface area contributed by atoms with Gasteiger partial charge < -0.3 is 19.1 Å². The average molecular weight is 543 g/mol. The Hall–Kier alpha value is -4.56. The minimum absolute atomic E-state index is 0.165. The van der Waals surface area contributed by atoms with Crippen LogP contribution in [0.4, 0.5) is 8.78 Å². The van der Waals surface area contributed by atoms with Crippen molar-refractivity contribution in [2.75, 3.05) is 7.11 Å². The summed E-state index contributed by atoms with van der Waals surface area (Å²) in [6.45, 7) is 5.01. The third-order valence-electron chi connectivity index (χ3n) is 6.66. The second-order valence-corrected chi connectivity index (χ2v) is 10.1. The zero-order valence-corrected chi connectivity index (χ0v) is 22.5. The molecule has 0 unspecified atom stereocenters. The summed E-state index contributed by atoms with van der Waals surface area (Å²) in [6, 6.07) is 18.2. The number of esters is 1. The van der Waals surface area contributed by atoms with Gasteiger partial charge in [0.15, 0.2) is 0 Å². The zero-order chi connectivity index (χ0) is 28.6. The molecule has 2 aromatic heterocycles. The second-order valence-electron chi connectivity index (χ2n) is 10.1. The van der Waals surface area contributed by atoms with E-state index in [1.807, 2.05) is 30.3 Å². The second kappa shape index (κ2) is 10.5. The SMILES string of the molecule is COC(=O)c1cncc(-c2c(C(C)(C)O)n(-c3ccc(F)c(C)c3)c3cc(F)cc(OCc4ccccc4)c23)c1. The van der Waals surface area contributed by atoms with Gasteiger partial charge in [-0.2, -0.15) is 0 Å². The Morgan fingerprint density at radius 2 is 1.77 bits per heavy atom. The van der Waals surface area contributed by atoms with Gasteiger partial charge in [0.05, 0.1) is 34.9 Å². The quantitative estimate of drug-likeness (QED) is 0.227. The van der Waals surface area contributed by atoms with Crippen molar-refractivity contribution in [2.24, 2.45) is 0 Å². The van der Waals surface area contributed by atoms with Crippen LogP contribution >= 0.6 is 0 Å². The molecule has 0 radical (unpaired) electrons. The van der Waals surface area contributed by atoms with Crippen molar-refractivity contribution in [3.05, 3.63) is 113 Å². The van der Waals surface area contributed by atoms with E-state index < -0.39 is 23.2 Å². The topological polar surface area (TPSA) is 73.6 Å². The van der Waals surface area contributed by atoms with Gasteiger partial charge >= 0.3 is 5.97 Å². The highest BCUT2D eigenvalue weighted by atomic mass is 19.1. The molecule has 8 heteroatoms.